The molecule has 98 valence electrons. The van der Waals surface area contributed by atoms with Crippen LogP contribution in [0.15, 0.2) is 12.4 Å². The van der Waals surface area contributed by atoms with Gasteiger partial charge in [-0.25, -0.2) is 0 Å². The number of halogens is 3. The van der Waals surface area contributed by atoms with Gasteiger partial charge >= 0.3 is 6.18 Å². The van der Waals surface area contributed by atoms with E-state index in [2.05, 4.69) is 5.10 Å². The van der Waals surface area contributed by atoms with E-state index in [9.17, 15) is 18.3 Å². The Labute approximate surface area is 97.2 Å². The van der Waals surface area contributed by atoms with Crippen LogP contribution in [0.3, 0.4) is 0 Å². The van der Waals surface area contributed by atoms with Crippen molar-refractivity contribution in [3.8, 4) is 0 Å². The zero-order chi connectivity index (χ0) is 13.3. The predicted octanol–water partition coefficient (Wildman–Crippen LogP) is 1.39. The summed E-state index contributed by atoms with van der Waals surface area (Å²) < 4.78 is 40.0. The average molecular weight is 251 g/mol. The van der Waals surface area contributed by atoms with E-state index in [4.69, 9.17) is 5.73 Å². The summed E-state index contributed by atoms with van der Waals surface area (Å²) in [7, 11) is 0. The molecule has 0 amide bonds. The third-order valence-corrected chi connectivity index (χ3v) is 2.62. The van der Waals surface area contributed by atoms with Gasteiger partial charge in [0.25, 0.3) is 0 Å². The fraction of sp³-hybridized carbons (Fsp3) is 0.700. The molecular weight excluding hydrogens is 235 g/mol. The van der Waals surface area contributed by atoms with E-state index in [0.717, 1.165) is 19.5 Å². The number of nitrogens with two attached hydrogens (primary N) is 1. The van der Waals surface area contributed by atoms with Crippen LogP contribution in [-0.4, -0.2) is 27.1 Å². The Hall–Kier alpha value is -1.08. The van der Waals surface area contributed by atoms with Gasteiger partial charge in [-0.3, -0.25) is 4.68 Å². The first kappa shape index (κ1) is 14.0. The molecule has 0 aliphatic rings. The van der Waals surface area contributed by atoms with Crippen LogP contribution < -0.4 is 5.73 Å². The van der Waals surface area contributed by atoms with E-state index >= 15 is 0 Å². The van der Waals surface area contributed by atoms with Gasteiger partial charge in [0.1, 0.15) is 0 Å². The Balaban J connectivity index is 3.14. The molecule has 4 nitrogen and oxygen atoms in total. The lowest BCUT2D eigenvalue weighted by Gasteiger charge is -2.32. The number of nitrogens with zero attached hydrogens (tertiary/aromatic N) is 2. The van der Waals surface area contributed by atoms with Gasteiger partial charge in [-0.15, -0.1) is 0 Å². The maximum atomic E-state index is 12.9. The summed E-state index contributed by atoms with van der Waals surface area (Å²) in [6.45, 7) is 3.49. The molecule has 2 unspecified atom stereocenters. The Morgan fingerprint density at radius 1 is 1.53 bits per heavy atom. The van der Waals surface area contributed by atoms with Crippen molar-refractivity contribution in [3.05, 3.63) is 18.0 Å². The second-order valence-corrected chi connectivity index (χ2v) is 4.04. The predicted molar refractivity (Wildman–Crippen MR) is 56.1 cm³/mol. The van der Waals surface area contributed by atoms with Crippen LogP contribution in [0, 0.1) is 0 Å². The van der Waals surface area contributed by atoms with Crippen LogP contribution in [-0.2, 0) is 12.1 Å². The van der Waals surface area contributed by atoms with E-state index in [0.29, 0.717) is 6.54 Å². The smallest absolute Gasteiger partial charge is 0.375 e. The Morgan fingerprint density at radius 3 is 2.53 bits per heavy atom. The average Bonchev–Trinajstić information content (AvgIpc) is 2.63. The zero-order valence-electron chi connectivity index (χ0n) is 9.70. The van der Waals surface area contributed by atoms with Crippen molar-refractivity contribution >= 4 is 0 Å². The van der Waals surface area contributed by atoms with Gasteiger partial charge in [0, 0.05) is 24.3 Å². The molecule has 2 atom stereocenters. The van der Waals surface area contributed by atoms with E-state index in [1.165, 1.54) is 10.9 Å². The highest BCUT2D eigenvalue weighted by Crippen LogP contribution is 2.40. The molecule has 0 radical (unpaired) electrons. The highest BCUT2D eigenvalue weighted by Gasteiger charge is 2.58. The van der Waals surface area contributed by atoms with Gasteiger partial charge in [0.05, 0.1) is 6.20 Å². The zero-order valence-corrected chi connectivity index (χ0v) is 9.70. The van der Waals surface area contributed by atoms with E-state index < -0.39 is 17.8 Å². The minimum atomic E-state index is -4.83. The fourth-order valence-electron chi connectivity index (χ4n) is 1.60. The summed E-state index contributed by atoms with van der Waals surface area (Å²) >= 11 is 0. The molecule has 0 aliphatic carbocycles. The molecule has 1 aromatic rings. The molecule has 0 bridgehead atoms. The minimum absolute atomic E-state index is 0.326. The maximum Gasteiger partial charge on any atom is 0.423 e. The Bertz CT molecular complexity index is 375. The highest BCUT2D eigenvalue weighted by molar-refractivity contribution is 5.20. The van der Waals surface area contributed by atoms with Crippen molar-refractivity contribution in [2.24, 2.45) is 5.73 Å². The number of aryl methyl sites for hydroxylation is 1. The molecule has 0 spiro atoms. The summed E-state index contributed by atoms with van der Waals surface area (Å²) in [4.78, 5) is 0. The van der Waals surface area contributed by atoms with Crippen molar-refractivity contribution in [2.75, 3.05) is 0 Å². The van der Waals surface area contributed by atoms with Crippen LogP contribution in [0.1, 0.15) is 25.8 Å². The Kier molecular flexibility index (Phi) is 3.83. The first-order chi connectivity index (χ1) is 7.73. The summed E-state index contributed by atoms with van der Waals surface area (Å²) in [5.41, 5.74) is 1.88. The van der Waals surface area contributed by atoms with Gasteiger partial charge in [-0.05, 0) is 13.3 Å². The number of aliphatic hydroxyl groups is 1. The molecule has 7 heteroatoms. The van der Waals surface area contributed by atoms with Crippen LogP contribution in [0.4, 0.5) is 13.2 Å². The van der Waals surface area contributed by atoms with Crippen LogP contribution in [0.25, 0.3) is 0 Å². The molecular formula is C10H16F3N3O. The van der Waals surface area contributed by atoms with Gasteiger partial charge in [0.2, 0.25) is 5.60 Å². The SMILES string of the molecule is CCCn1cc(C(O)(C(C)N)C(F)(F)F)cn1. The number of aromatic nitrogens is 2. The topological polar surface area (TPSA) is 64.1 Å². The van der Waals surface area contributed by atoms with Crippen LogP contribution in [0.2, 0.25) is 0 Å². The van der Waals surface area contributed by atoms with Crippen molar-refractivity contribution in [1.82, 2.24) is 9.78 Å². The monoisotopic (exact) mass is 251 g/mol. The second kappa shape index (κ2) is 4.66. The summed E-state index contributed by atoms with van der Waals surface area (Å²) in [6.07, 6.45) is -1.90. The van der Waals surface area contributed by atoms with E-state index in [-0.39, 0.29) is 5.56 Å². The lowest BCUT2D eigenvalue weighted by atomic mass is 9.89. The largest absolute Gasteiger partial charge is 0.423 e. The lowest BCUT2D eigenvalue weighted by molar-refractivity contribution is -0.272. The Morgan fingerprint density at radius 2 is 2.12 bits per heavy atom. The van der Waals surface area contributed by atoms with Crippen molar-refractivity contribution in [1.29, 1.82) is 0 Å². The molecule has 1 heterocycles. The molecule has 0 aromatic carbocycles. The van der Waals surface area contributed by atoms with Gasteiger partial charge in [-0.2, -0.15) is 18.3 Å². The highest BCUT2D eigenvalue weighted by atomic mass is 19.4. The minimum Gasteiger partial charge on any atom is -0.375 e. The van der Waals surface area contributed by atoms with Crippen molar-refractivity contribution < 1.29 is 18.3 Å². The summed E-state index contributed by atoms with van der Waals surface area (Å²) in [5, 5.41) is 13.5. The third kappa shape index (κ3) is 2.44. The number of rotatable bonds is 4. The quantitative estimate of drug-likeness (QED) is 0.850. The number of hydrogen-bond donors (Lipinski definition) is 2. The lowest BCUT2D eigenvalue weighted by Crippen LogP contribution is -2.54. The number of hydrogen-bond acceptors (Lipinski definition) is 3. The third-order valence-electron chi connectivity index (χ3n) is 2.62. The molecule has 1 rings (SSSR count). The number of alkyl halides is 3. The molecule has 3 N–H and O–H groups in total. The molecule has 0 saturated heterocycles. The van der Waals surface area contributed by atoms with Gasteiger partial charge < -0.3 is 10.8 Å². The molecule has 0 fully saturated rings. The summed E-state index contributed by atoms with van der Waals surface area (Å²) in [5.74, 6) is 0. The first-order valence-corrected chi connectivity index (χ1v) is 5.31. The molecule has 0 aliphatic heterocycles. The van der Waals surface area contributed by atoms with Gasteiger partial charge in [0.15, 0.2) is 0 Å². The summed E-state index contributed by atoms with van der Waals surface area (Å²) in [6, 6.07) is -1.47. The maximum absolute atomic E-state index is 12.9. The molecule has 1 aromatic heterocycles. The van der Waals surface area contributed by atoms with E-state index in [1.807, 2.05) is 6.92 Å². The second-order valence-electron chi connectivity index (χ2n) is 4.04. The molecule has 17 heavy (non-hydrogen) atoms. The normalized spacial score (nSPS) is 17.8. The van der Waals surface area contributed by atoms with E-state index in [1.54, 1.807) is 0 Å². The standard InChI is InChI=1S/C10H16F3N3O/c1-3-4-16-6-8(5-15-16)9(17,7(2)14)10(11,12)13/h5-7,17H,3-4,14H2,1-2H3. The van der Waals surface area contributed by atoms with Crippen molar-refractivity contribution in [2.45, 2.75) is 44.6 Å². The van der Waals surface area contributed by atoms with Crippen LogP contribution >= 0.6 is 0 Å². The van der Waals surface area contributed by atoms with Gasteiger partial charge in [-0.1, -0.05) is 6.92 Å². The van der Waals surface area contributed by atoms with Crippen molar-refractivity contribution in [3.63, 3.8) is 0 Å². The molecule has 0 saturated carbocycles. The van der Waals surface area contributed by atoms with Crippen LogP contribution in [0.5, 0.6) is 0 Å². The first-order valence-electron chi connectivity index (χ1n) is 5.31. The fourth-order valence-corrected chi connectivity index (χ4v) is 1.60.